The molecule has 0 aromatic heterocycles. The van der Waals surface area contributed by atoms with Crippen LogP contribution >= 0.6 is 0 Å². The van der Waals surface area contributed by atoms with E-state index < -0.39 is 5.79 Å². The minimum absolute atomic E-state index is 0.00467. The van der Waals surface area contributed by atoms with Crippen molar-refractivity contribution in [2.24, 2.45) is 0 Å². The zero-order valence-corrected chi connectivity index (χ0v) is 14.6. The Labute approximate surface area is 143 Å². The molecule has 0 saturated carbocycles. The molecule has 0 bridgehead atoms. The highest BCUT2D eigenvalue weighted by atomic mass is 16.7. The average Bonchev–Trinajstić information content (AvgIpc) is 2.99. The first-order chi connectivity index (χ1) is 11.4. The predicted molar refractivity (Wildman–Crippen MR) is 90.7 cm³/mol. The summed E-state index contributed by atoms with van der Waals surface area (Å²) in [7, 11) is 3.45. The molecule has 1 aromatic carbocycles. The summed E-state index contributed by atoms with van der Waals surface area (Å²) in [6, 6.07) is 7.38. The minimum atomic E-state index is -0.567. The fraction of sp³-hybridized carbons (Fsp3) is 0.556. The Kier molecular flexibility index (Phi) is 6.34. The van der Waals surface area contributed by atoms with Gasteiger partial charge in [0, 0.05) is 39.0 Å². The van der Waals surface area contributed by atoms with Crippen LogP contribution in [0.5, 0.6) is 0 Å². The van der Waals surface area contributed by atoms with Crippen LogP contribution in [-0.2, 0) is 20.7 Å². The zero-order valence-electron chi connectivity index (χ0n) is 14.6. The smallest absolute Gasteiger partial charge is 0.253 e. The van der Waals surface area contributed by atoms with E-state index >= 15 is 0 Å². The lowest BCUT2D eigenvalue weighted by molar-refractivity contribution is -0.146. The number of nitrogens with one attached hydrogen (secondary N) is 1. The second-order valence-corrected chi connectivity index (χ2v) is 6.33. The van der Waals surface area contributed by atoms with E-state index in [2.05, 4.69) is 5.32 Å². The van der Waals surface area contributed by atoms with Gasteiger partial charge in [0.05, 0.1) is 13.2 Å². The molecule has 1 aliphatic rings. The number of benzene rings is 1. The van der Waals surface area contributed by atoms with Crippen molar-refractivity contribution in [2.75, 3.05) is 33.9 Å². The Morgan fingerprint density at radius 2 is 1.79 bits per heavy atom. The maximum absolute atomic E-state index is 11.9. The van der Waals surface area contributed by atoms with Crippen molar-refractivity contribution in [3.05, 3.63) is 35.4 Å². The lowest BCUT2D eigenvalue weighted by Gasteiger charge is -2.22. The van der Waals surface area contributed by atoms with Crippen LogP contribution in [0.4, 0.5) is 0 Å². The summed E-state index contributed by atoms with van der Waals surface area (Å²) in [5.41, 5.74) is 1.69. The van der Waals surface area contributed by atoms with Gasteiger partial charge < -0.3 is 19.7 Å². The fourth-order valence-electron chi connectivity index (χ4n) is 2.55. The van der Waals surface area contributed by atoms with Crippen molar-refractivity contribution in [1.29, 1.82) is 0 Å². The molecule has 1 N–H and O–H groups in total. The molecule has 6 heteroatoms. The second kappa shape index (κ2) is 8.26. The number of hydrogen-bond acceptors (Lipinski definition) is 4. The van der Waals surface area contributed by atoms with Gasteiger partial charge in [0.15, 0.2) is 5.79 Å². The highest BCUT2D eigenvalue weighted by molar-refractivity contribution is 5.93. The van der Waals surface area contributed by atoms with E-state index in [9.17, 15) is 9.59 Å². The molecule has 1 aliphatic heterocycles. The molecule has 1 fully saturated rings. The molecule has 1 aromatic rings. The first-order valence-electron chi connectivity index (χ1n) is 8.25. The molecule has 0 unspecified atom stereocenters. The van der Waals surface area contributed by atoms with Crippen molar-refractivity contribution in [1.82, 2.24) is 10.2 Å². The highest BCUT2D eigenvalue weighted by Crippen LogP contribution is 2.21. The van der Waals surface area contributed by atoms with E-state index in [-0.39, 0.29) is 11.8 Å². The van der Waals surface area contributed by atoms with E-state index in [1.165, 1.54) is 0 Å². The van der Waals surface area contributed by atoms with Crippen LogP contribution in [0.3, 0.4) is 0 Å². The van der Waals surface area contributed by atoms with Gasteiger partial charge in [-0.25, -0.2) is 0 Å². The molecule has 1 heterocycles. The van der Waals surface area contributed by atoms with E-state index in [0.29, 0.717) is 44.6 Å². The summed E-state index contributed by atoms with van der Waals surface area (Å²) >= 11 is 0. The Hall–Kier alpha value is -1.92. The van der Waals surface area contributed by atoms with E-state index in [0.717, 1.165) is 5.56 Å². The number of nitrogens with zero attached hydrogens (tertiary/aromatic N) is 1. The van der Waals surface area contributed by atoms with Crippen LogP contribution in [0.1, 0.15) is 35.7 Å². The molecule has 0 aliphatic carbocycles. The Bertz CT molecular complexity index is 563. The van der Waals surface area contributed by atoms with Crippen LogP contribution in [-0.4, -0.2) is 56.4 Å². The van der Waals surface area contributed by atoms with Gasteiger partial charge in [0.25, 0.3) is 5.91 Å². The Morgan fingerprint density at radius 1 is 1.17 bits per heavy atom. The summed E-state index contributed by atoms with van der Waals surface area (Å²) in [5.74, 6) is -0.587. The molecule has 2 amide bonds. The standard InChI is InChI=1S/C18H26N2O4/c1-18(23-12-13-24-18)10-11-19-16(21)9-6-14-4-7-15(8-5-14)17(22)20(2)3/h4-5,7-8H,6,9-13H2,1-3H3,(H,19,21). The maximum Gasteiger partial charge on any atom is 0.253 e. The van der Waals surface area contributed by atoms with Gasteiger partial charge in [-0.3, -0.25) is 9.59 Å². The van der Waals surface area contributed by atoms with Gasteiger partial charge in [0.1, 0.15) is 0 Å². The molecule has 1 saturated heterocycles. The third-order valence-corrected chi connectivity index (χ3v) is 4.05. The number of carbonyl (C=O) groups excluding carboxylic acids is 2. The van der Waals surface area contributed by atoms with Gasteiger partial charge in [-0.15, -0.1) is 0 Å². The van der Waals surface area contributed by atoms with Crippen molar-refractivity contribution in [3.63, 3.8) is 0 Å². The van der Waals surface area contributed by atoms with Crippen molar-refractivity contribution in [3.8, 4) is 0 Å². The van der Waals surface area contributed by atoms with E-state index in [1.54, 1.807) is 31.1 Å². The highest BCUT2D eigenvalue weighted by Gasteiger charge is 2.30. The molecule has 0 radical (unpaired) electrons. The monoisotopic (exact) mass is 334 g/mol. The maximum atomic E-state index is 11.9. The summed E-state index contributed by atoms with van der Waals surface area (Å²) < 4.78 is 11.0. The zero-order chi connectivity index (χ0) is 17.6. The lowest BCUT2D eigenvalue weighted by Crippen LogP contribution is -2.33. The number of rotatable bonds is 7. The molecule has 0 spiro atoms. The summed E-state index contributed by atoms with van der Waals surface area (Å²) in [4.78, 5) is 25.3. The topological polar surface area (TPSA) is 67.9 Å². The molecular formula is C18H26N2O4. The van der Waals surface area contributed by atoms with Crippen molar-refractivity contribution < 1.29 is 19.1 Å². The normalized spacial score (nSPS) is 16.0. The number of aryl methyl sites for hydroxylation is 1. The van der Waals surface area contributed by atoms with Gasteiger partial charge in [-0.1, -0.05) is 12.1 Å². The summed E-state index contributed by atoms with van der Waals surface area (Å²) in [5, 5.41) is 2.89. The fourth-order valence-corrected chi connectivity index (χ4v) is 2.55. The van der Waals surface area contributed by atoms with Gasteiger partial charge in [-0.05, 0) is 31.0 Å². The van der Waals surface area contributed by atoms with Gasteiger partial charge in [-0.2, -0.15) is 0 Å². The third kappa shape index (κ3) is 5.32. The lowest BCUT2D eigenvalue weighted by atomic mass is 10.1. The largest absolute Gasteiger partial charge is 0.356 e. The number of carbonyl (C=O) groups is 2. The van der Waals surface area contributed by atoms with E-state index in [1.807, 2.05) is 19.1 Å². The van der Waals surface area contributed by atoms with Crippen LogP contribution in [0.15, 0.2) is 24.3 Å². The molecule has 2 rings (SSSR count). The number of ether oxygens (including phenoxy) is 2. The van der Waals surface area contributed by atoms with Crippen LogP contribution in [0.25, 0.3) is 0 Å². The Morgan fingerprint density at radius 3 is 2.38 bits per heavy atom. The van der Waals surface area contributed by atoms with Gasteiger partial charge >= 0.3 is 0 Å². The van der Waals surface area contributed by atoms with Crippen LogP contribution in [0, 0.1) is 0 Å². The number of amides is 2. The van der Waals surface area contributed by atoms with Crippen LogP contribution in [0.2, 0.25) is 0 Å². The molecular weight excluding hydrogens is 308 g/mol. The molecule has 24 heavy (non-hydrogen) atoms. The average molecular weight is 334 g/mol. The first kappa shape index (κ1) is 18.4. The first-order valence-corrected chi connectivity index (χ1v) is 8.25. The minimum Gasteiger partial charge on any atom is -0.356 e. The van der Waals surface area contributed by atoms with Gasteiger partial charge in [0.2, 0.25) is 5.91 Å². The number of hydrogen-bond donors (Lipinski definition) is 1. The molecule has 0 atom stereocenters. The van der Waals surface area contributed by atoms with E-state index in [4.69, 9.17) is 9.47 Å². The SMILES string of the molecule is CN(C)C(=O)c1ccc(CCC(=O)NCCC2(C)OCCO2)cc1. The third-order valence-electron chi connectivity index (χ3n) is 4.05. The molecule has 6 nitrogen and oxygen atoms in total. The van der Waals surface area contributed by atoms with Crippen LogP contribution < -0.4 is 5.32 Å². The van der Waals surface area contributed by atoms with Crippen molar-refractivity contribution in [2.45, 2.75) is 32.0 Å². The van der Waals surface area contributed by atoms with Crippen molar-refractivity contribution >= 4 is 11.8 Å². The molecule has 132 valence electrons. The summed E-state index contributed by atoms with van der Waals surface area (Å²) in [6.07, 6.45) is 1.70. The Balaban J connectivity index is 1.70. The predicted octanol–water partition coefficient (Wildman–Crippen LogP) is 1.59. The summed E-state index contributed by atoms with van der Waals surface area (Å²) in [6.45, 7) is 3.64. The second-order valence-electron chi connectivity index (χ2n) is 6.33. The quantitative estimate of drug-likeness (QED) is 0.822.